The van der Waals surface area contributed by atoms with Gasteiger partial charge in [0.2, 0.25) is 5.91 Å². The van der Waals surface area contributed by atoms with Crippen LogP contribution in [0.4, 0.5) is 10.5 Å². The topological polar surface area (TPSA) is 81.9 Å². The first-order valence-corrected chi connectivity index (χ1v) is 9.67. The Morgan fingerprint density at radius 1 is 1.29 bits per heavy atom. The highest BCUT2D eigenvalue weighted by Gasteiger charge is 2.28. The molecule has 2 N–H and O–H groups in total. The van der Waals surface area contributed by atoms with Gasteiger partial charge in [0.25, 0.3) is 0 Å². The Balaban J connectivity index is 1.64. The molecule has 1 heterocycles. The molecule has 0 saturated carbocycles. The maximum absolute atomic E-state index is 12.8. The molecule has 0 unspecified atom stereocenters. The van der Waals surface area contributed by atoms with Gasteiger partial charge in [0.1, 0.15) is 12.4 Å². The van der Waals surface area contributed by atoms with Gasteiger partial charge in [-0.25, -0.2) is 4.79 Å². The molecule has 1 amide bonds. The number of carbonyl (C=O) groups is 2. The number of anilines is 1. The summed E-state index contributed by atoms with van der Waals surface area (Å²) >= 11 is 3.45. The lowest BCUT2D eigenvalue weighted by Crippen LogP contribution is -2.44. The molecule has 0 bridgehead atoms. The zero-order valence-electron chi connectivity index (χ0n) is 15.3. The van der Waals surface area contributed by atoms with E-state index < -0.39 is 12.2 Å². The summed E-state index contributed by atoms with van der Waals surface area (Å²) in [5, 5.41) is 0. The van der Waals surface area contributed by atoms with Crippen LogP contribution >= 0.6 is 15.9 Å². The number of ether oxygens (including phenoxy) is 2. The number of para-hydroxylation sites is 1. The van der Waals surface area contributed by atoms with Crippen LogP contribution in [0.1, 0.15) is 11.1 Å². The van der Waals surface area contributed by atoms with Crippen molar-refractivity contribution in [2.75, 3.05) is 18.1 Å². The second-order valence-corrected chi connectivity index (χ2v) is 7.24. The molecule has 0 aromatic heterocycles. The van der Waals surface area contributed by atoms with Crippen LogP contribution in [-0.4, -0.2) is 31.3 Å². The second kappa shape index (κ2) is 9.03. The van der Waals surface area contributed by atoms with E-state index in [2.05, 4.69) is 22.5 Å². The number of hydrogen-bond acceptors (Lipinski definition) is 5. The lowest BCUT2D eigenvalue weighted by atomic mass is 10.1. The molecule has 28 heavy (non-hydrogen) atoms. The number of rotatable bonds is 6. The number of carbonyl (C=O) groups excluding carboxylic acids is 2. The fourth-order valence-electron chi connectivity index (χ4n) is 3.10. The van der Waals surface area contributed by atoms with Crippen molar-refractivity contribution in [2.45, 2.75) is 18.9 Å². The van der Waals surface area contributed by atoms with Crippen LogP contribution in [0.3, 0.4) is 0 Å². The number of amides is 1. The molecule has 1 atom stereocenters. The molecule has 1 aliphatic heterocycles. The fourth-order valence-corrected chi connectivity index (χ4v) is 3.62. The molecule has 146 valence electrons. The van der Waals surface area contributed by atoms with Crippen LogP contribution < -0.4 is 15.4 Å². The van der Waals surface area contributed by atoms with Crippen molar-refractivity contribution in [3.05, 3.63) is 70.7 Å². The predicted octanol–water partition coefficient (Wildman–Crippen LogP) is 3.61. The quantitative estimate of drug-likeness (QED) is 0.418. The van der Waals surface area contributed by atoms with E-state index >= 15 is 0 Å². The molecule has 0 fully saturated rings. The Morgan fingerprint density at radius 2 is 2.07 bits per heavy atom. The molecule has 7 heteroatoms. The molecule has 0 aliphatic carbocycles. The van der Waals surface area contributed by atoms with E-state index in [1.807, 2.05) is 24.3 Å². The van der Waals surface area contributed by atoms with Crippen LogP contribution in [0, 0.1) is 0 Å². The monoisotopic (exact) mass is 444 g/mol. The molecule has 2 aromatic rings. The summed E-state index contributed by atoms with van der Waals surface area (Å²) in [6, 6.07) is 12.2. The number of hydrogen-bond donors (Lipinski definition) is 1. The summed E-state index contributed by atoms with van der Waals surface area (Å²) in [5.41, 5.74) is 9.14. The highest BCUT2D eigenvalue weighted by molar-refractivity contribution is 9.10. The smallest absolute Gasteiger partial charge is 0.430 e. The minimum atomic E-state index is -0.806. The molecule has 2 aromatic carbocycles. The number of benzene rings is 2. The van der Waals surface area contributed by atoms with Crippen molar-refractivity contribution in [1.29, 1.82) is 0 Å². The van der Waals surface area contributed by atoms with Crippen LogP contribution in [0.2, 0.25) is 0 Å². The zero-order valence-corrected chi connectivity index (χ0v) is 16.9. The Hall–Kier alpha value is -2.64. The maximum atomic E-state index is 12.8. The van der Waals surface area contributed by atoms with Gasteiger partial charge in [-0.2, -0.15) is 0 Å². The molecule has 0 radical (unpaired) electrons. The highest BCUT2D eigenvalue weighted by Crippen LogP contribution is 2.29. The van der Waals surface area contributed by atoms with Gasteiger partial charge in [-0.05, 0) is 42.2 Å². The first-order valence-electron chi connectivity index (χ1n) is 8.88. The predicted molar refractivity (Wildman–Crippen MR) is 110 cm³/mol. The van der Waals surface area contributed by atoms with Gasteiger partial charge in [-0.1, -0.05) is 52.9 Å². The molecular formula is C21H21BrN2O4. The van der Waals surface area contributed by atoms with Gasteiger partial charge in [-0.3, -0.25) is 4.79 Å². The third-order valence-electron chi connectivity index (χ3n) is 4.45. The molecule has 1 aliphatic rings. The maximum Gasteiger partial charge on any atom is 0.514 e. The minimum Gasteiger partial charge on any atom is -0.430 e. The van der Waals surface area contributed by atoms with Gasteiger partial charge in [0, 0.05) is 16.7 Å². The molecule has 6 nitrogen and oxygen atoms in total. The number of fused-ring (bicyclic) bond motifs is 1. The molecule has 0 saturated heterocycles. The van der Waals surface area contributed by atoms with Gasteiger partial charge in [-0.15, -0.1) is 0 Å². The van der Waals surface area contributed by atoms with Crippen molar-refractivity contribution < 1.29 is 19.1 Å². The third kappa shape index (κ3) is 4.61. The van der Waals surface area contributed by atoms with Crippen molar-refractivity contribution in [3.63, 3.8) is 0 Å². The van der Waals surface area contributed by atoms with E-state index in [0.29, 0.717) is 23.2 Å². The lowest BCUT2D eigenvalue weighted by molar-refractivity contribution is -0.119. The van der Waals surface area contributed by atoms with Crippen molar-refractivity contribution >= 4 is 33.7 Å². The van der Waals surface area contributed by atoms with Gasteiger partial charge in [0.05, 0.1) is 6.04 Å². The largest absolute Gasteiger partial charge is 0.514 e. The zero-order chi connectivity index (χ0) is 20.1. The van der Waals surface area contributed by atoms with Crippen LogP contribution in [0.15, 0.2) is 59.6 Å². The van der Waals surface area contributed by atoms with E-state index in [4.69, 9.17) is 15.2 Å². The molecule has 0 spiro atoms. The number of nitrogens with two attached hydrogens (primary N) is 1. The first-order chi connectivity index (χ1) is 13.5. The Kier molecular flexibility index (Phi) is 6.49. The van der Waals surface area contributed by atoms with Gasteiger partial charge >= 0.3 is 6.16 Å². The average molecular weight is 445 g/mol. The van der Waals surface area contributed by atoms with E-state index in [1.165, 1.54) is 6.08 Å². The number of nitrogens with zero attached hydrogens (tertiary/aromatic N) is 1. The van der Waals surface area contributed by atoms with Gasteiger partial charge in [0.15, 0.2) is 0 Å². The van der Waals surface area contributed by atoms with E-state index in [1.54, 1.807) is 23.1 Å². The minimum absolute atomic E-state index is 0.0781. The Morgan fingerprint density at radius 3 is 2.82 bits per heavy atom. The average Bonchev–Trinajstić information content (AvgIpc) is 3.12. The SMILES string of the molecule is C=CCOC(=O)Oc1ccc(C[C@@H](N)C(=O)N2CCc3ccccc32)c(Br)c1. The summed E-state index contributed by atoms with van der Waals surface area (Å²) in [6.45, 7) is 4.19. The van der Waals surface area contributed by atoms with Crippen LogP contribution in [0.5, 0.6) is 5.75 Å². The summed E-state index contributed by atoms with van der Waals surface area (Å²) in [4.78, 5) is 26.1. The highest BCUT2D eigenvalue weighted by atomic mass is 79.9. The summed E-state index contributed by atoms with van der Waals surface area (Å²) in [5.74, 6) is 0.225. The normalized spacial score (nSPS) is 13.6. The summed E-state index contributed by atoms with van der Waals surface area (Å²) in [6.07, 6.45) is 1.85. The summed E-state index contributed by atoms with van der Waals surface area (Å²) < 4.78 is 10.6. The first kappa shape index (κ1) is 20.1. The number of halogens is 1. The fraction of sp³-hybridized carbons (Fsp3) is 0.238. The third-order valence-corrected chi connectivity index (χ3v) is 5.19. The van der Waals surface area contributed by atoms with Crippen molar-refractivity contribution in [3.8, 4) is 5.75 Å². The van der Waals surface area contributed by atoms with Crippen LogP contribution in [-0.2, 0) is 22.4 Å². The van der Waals surface area contributed by atoms with Crippen molar-refractivity contribution in [1.82, 2.24) is 0 Å². The molecular weight excluding hydrogens is 424 g/mol. The summed E-state index contributed by atoms with van der Waals surface area (Å²) in [7, 11) is 0. The Bertz CT molecular complexity index is 900. The van der Waals surface area contributed by atoms with Crippen LogP contribution in [0.25, 0.3) is 0 Å². The lowest BCUT2D eigenvalue weighted by Gasteiger charge is -2.22. The standard InChI is InChI=1S/C21H21BrN2O4/c1-2-11-27-21(26)28-16-8-7-15(17(22)13-16)12-18(23)20(25)24-10-9-14-5-3-4-6-19(14)24/h2-8,13,18H,1,9-12,23H2/t18-/m1/s1. The second-order valence-electron chi connectivity index (χ2n) is 6.38. The van der Waals surface area contributed by atoms with E-state index in [0.717, 1.165) is 23.2 Å². The molecule has 3 rings (SSSR count). The van der Waals surface area contributed by atoms with E-state index in [9.17, 15) is 9.59 Å². The van der Waals surface area contributed by atoms with E-state index in [-0.39, 0.29) is 12.5 Å². The van der Waals surface area contributed by atoms with Crippen molar-refractivity contribution in [2.24, 2.45) is 5.73 Å². The Labute approximate surface area is 172 Å². The van der Waals surface area contributed by atoms with Gasteiger partial charge < -0.3 is 20.1 Å².